The van der Waals surface area contributed by atoms with Crippen LogP contribution in [0.1, 0.15) is 18.9 Å². The molecule has 6 nitrogen and oxygen atoms in total. The van der Waals surface area contributed by atoms with Gasteiger partial charge in [0.2, 0.25) is 5.91 Å². The van der Waals surface area contributed by atoms with Crippen LogP contribution in [0.15, 0.2) is 18.2 Å². The molecule has 0 spiro atoms. The van der Waals surface area contributed by atoms with Crippen molar-refractivity contribution < 1.29 is 19.4 Å². The normalized spacial score (nSPS) is 17.2. The van der Waals surface area contributed by atoms with Crippen molar-refractivity contribution in [3.05, 3.63) is 23.8 Å². The van der Waals surface area contributed by atoms with E-state index in [2.05, 4.69) is 10.6 Å². The van der Waals surface area contributed by atoms with Crippen LogP contribution in [-0.4, -0.2) is 29.6 Å². The van der Waals surface area contributed by atoms with E-state index < -0.39 is 6.10 Å². The van der Waals surface area contributed by atoms with Crippen LogP contribution < -0.4 is 15.4 Å². The minimum absolute atomic E-state index is 0.0856. The zero-order chi connectivity index (χ0) is 13.8. The lowest BCUT2D eigenvalue weighted by atomic mass is 10.1. The van der Waals surface area contributed by atoms with Gasteiger partial charge >= 0.3 is 0 Å². The molecule has 1 aromatic rings. The second-order valence-corrected chi connectivity index (χ2v) is 4.33. The van der Waals surface area contributed by atoms with Crippen molar-refractivity contribution >= 4 is 17.5 Å². The molecule has 0 fully saturated rings. The number of carbonyl (C=O) groups is 2. The third-order valence-electron chi connectivity index (χ3n) is 2.80. The average molecular weight is 264 g/mol. The Morgan fingerprint density at radius 3 is 3.05 bits per heavy atom. The summed E-state index contributed by atoms with van der Waals surface area (Å²) in [6.07, 6.45) is -0.412. The van der Waals surface area contributed by atoms with Gasteiger partial charge in [-0.25, -0.2) is 0 Å². The summed E-state index contributed by atoms with van der Waals surface area (Å²) in [4.78, 5) is 22.7. The Labute approximate surface area is 110 Å². The number of fused-ring (bicyclic) bond motifs is 1. The first-order valence-electron chi connectivity index (χ1n) is 6.08. The number of hydrogen-bond acceptors (Lipinski definition) is 4. The fourth-order valence-electron chi connectivity index (χ4n) is 1.76. The van der Waals surface area contributed by atoms with Gasteiger partial charge in [-0.3, -0.25) is 9.59 Å². The second kappa shape index (κ2) is 5.71. The topological polar surface area (TPSA) is 87.7 Å². The van der Waals surface area contributed by atoms with Gasteiger partial charge in [0.1, 0.15) is 5.75 Å². The van der Waals surface area contributed by atoms with Crippen LogP contribution in [0.4, 0.5) is 5.69 Å². The van der Waals surface area contributed by atoms with Crippen LogP contribution in [0.5, 0.6) is 5.75 Å². The maximum Gasteiger partial charge on any atom is 0.265 e. The Morgan fingerprint density at radius 1 is 1.53 bits per heavy atom. The molecular formula is C13H16N2O4. The summed E-state index contributed by atoms with van der Waals surface area (Å²) < 4.78 is 5.43. The van der Waals surface area contributed by atoms with E-state index in [-0.39, 0.29) is 24.8 Å². The Hall–Kier alpha value is -2.08. The number of benzene rings is 1. The second-order valence-electron chi connectivity index (χ2n) is 4.33. The highest BCUT2D eigenvalue weighted by molar-refractivity contribution is 5.97. The molecule has 0 saturated heterocycles. The van der Waals surface area contributed by atoms with E-state index in [4.69, 9.17) is 9.84 Å². The van der Waals surface area contributed by atoms with Crippen molar-refractivity contribution in [1.29, 1.82) is 0 Å². The van der Waals surface area contributed by atoms with Gasteiger partial charge < -0.3 is 20.5 Å². The number of rotatable bonds is 4. The third-order valence-corrected chi connectivity index (χ3v) is 2.80. The fourth-order valence-corrected chi connectivity index (χ4v) is 1.76. The molecule has 1 aromatic carbocycles. The molecule has 0 radical (unpaired) electrons. The average Bonchev–Trinajstić information content (AvgIpc) is 2.38. The first-order chi connectivity index (χ1) is 9.10. The maximum absolute atomic E-state index is 11.5. The number of amides is 2. The molecule has 0 saturated carbocycles. The molecule has 102 valence electrons. The lowest BCUT2D eigenvalue weighted by Crippen LogP contribution is -2.34. The Bertz CT molecular complexity index is 501. The van der Waals surface area contributed by atoms with Gasteiger partial charge in [-0.2, -0.15) is 0 Å². The van der Waals surface area contributed by atoms with Crippen LogP contribution >= 0.6 is 0 Å². The Morgan fingerprint density at radius 2 is 2.32 bits per heavy atom. The van der Waals surface area contributed by atoms with E-state index >= 15 is 0 Å². The van der Waals surface area contributed by atoms with Crippen molar-refractivity contribution in [3.63, 3.8) is 0 Å². The van der Waals surface area contributed by atoms with Gasteiger partial charge in [0.25, 0.3) is 5.91 Å². The predicted octanol–water partition coefficient (Wildman–Crippen LogP) is 0.405. The van der Waals surface area contributed by atoms with E-state index in [0.29, 0.717) is 18.0 Å². The zero-order valence-corrected chi connectivity index (χ0v) is 10.6. The van der Waals surface area contributed by atoms with Gasteiger partial charge in [-0.1, -0.05) is 6.07 Å². The van der Waals surface area contributed by atoms with Crippen molar-refractivity contribution in [1.82, 2.24) is 5.32 Å². The number of carbonyl (C=O) groups excluding carboxylic acids is 2. The van der Waals surface area contributed by atoms with Gasteiger partial charge in [0.15, 0.2) is 6.10 Å². The number of anilines is 1. The number of aliphatic hydroxyl groups excluding tert-OH is 1. The number of aliphatic hydroxyl groups is 1. The molecule has 0 aliphatic carbocycles. The Balaban J connectivity index is 2.03. The van der Waals surface area contributed by atoms with E-state index in [1.54, 1.807) is 19.1 Å². The summed E-state index contributed by atoms with van der Waals surface area (Å²) in [5.41, 5.74) is 1.46. The Kier molecular flexibility index (Phi) is 4.01. The summed E-state index contributed by atoms with van der Waals surface area (Å²) in [5.74, 6) is 0.223. The summed E-state index contributed by atoms with van der Waals surface area (Å²) in [6, 6.07) is 5.35. The minimum Gasteiger partial charge on any atom is -0.479 e. The van der Waals surface area contributed by atoms with Gasteiger partial charge in [0, 0.05) is 13.0 Å². The highest BCUT2D eigenvalue weighted by Crippen LogP contribution is 2.30. The quantitative estimate of drug-likeness (QED) is 0.734. The highest BCUT2D eigenvalue weighted by atomic mass is 16.5. The maximum atomic E-state index is 11.5. The SMILES string of the molecule is CC1Oc2ccc(CNC(=O)CCO)cc2NC1=O. The molecule has 0 bridgehead atoms. The fraction of sp³-hybridized carbons (Fsp3) is 0.385. The predicted molar refractivity (Wildman–Crippen MR) is 68.7 cm³/mol. The smallest absolute Gasteiger partial charge is 0.265 e. The summed E-state index contributed by atoms with van der Waals surface area (Å²) >= 11 is 0. The number of nitrogens with one attached hydrogen (secondary N) is 2. The van der Waals surface area contributed by atoms with Gasteiger partial charge in [-0.05, 0) is 24.6 Å². The van der Waals surface area contributed by atoms with Crippen molar-refractivity contribution in [3.8, 4) is 5.75 Å². The lowest BCUT2D eigenvalue weighted by molar-refractivity contribution is -0.123. The summed E-state index contributed by atoms with van der Waals surface area (Å²) in [7, 11) is 0. The molecule has 2 rings (SSSR count). The molecule has 0 aromatic heterocycles. The largest absolute Gasteiger partial charge is 0.479 e. The van der Waals surface area contributed by atoms with Crippen molar-refractivity contribution in [2.75, 3.05) is 11.9 Å². The minimum atomic E-state index is -0.498. The molecule has 6 heteroatoms. The highest BCUT2D eigenvalue weighted by Gasteiger charge is 2.23. The molecule has 1 unspecified atom stereocenters. The van der Waals surface area contributed by atoms with Crippen LogP contribution in [0.2, 0.25) is 0 Å². The molecule has 1 aliphatic heterocycles. The van der Waals surface area contributed by atoms with Crippen molar-refractivity contribution in [2.45, 2.75) is 26.0 Å². The molecule has 19 heavy (non-hydrogen) atoms. The third kappa shape index (κ3) is 3.23. The summed E-state index contributed by atoms with van der Waals surface area (Å²) in [6.45, 7) is 1.86. The van der Waals surface area contributed by atoms with E-state index in [0.717, 1.165) is 5.56 Å². The standard InChI is InChI=1S/C13H16N2O4/c1-8-13(18)15-10-6-9(2-3-11(10)19-8)7-14-12(17)4-5-16/h2-3,6,8,16H,4-5,7H2,1H3,(H,14,17)(H,15,18). The first kappa shape index (κ1) is 13.4. The monoisotopic (exact) mass is 264 g/mol. The zero-order valence-electron chi connectivity index (χ0n) is 10.6. The van der Waals surface area contributed by atoms with Gasteiger partial charge in [0.05, 0.1) is 12.3 Å². The molecule has 1 atom stereocenters. The molecule has 3 N–H and O–H groups in total. The first-order valence-corrected chi connectivity index (χ1v) is 6.08. The molecule has 1 heterocycles. The van der Waals surface area contributed by atoms with Crippen LogP contribution in [0.25, 0.3) is 0 Å². The van der Waals surface area contributed by atoms with Crippen molar-refractivity contribution in [2.24, 2.45) is 0 Å². The van der Waals surface area contributed by atoms with Crippen LogP contribution in [0, 0.1) is 0 Å². The lowest BCUT2D eigenvalue weighted by Gasteiger charge is -2.23. The van der Waals surface area contributed by atoms with E-state index in [9.17, 15) is 9.59 Å². The summed E-state index contributed by atoms with van der Waals surface area (Å²) in [5, 5.41) is 14.0. The van der Waals surface area contributed by atoms with Crippen LogP contribution in [-0.2, 0) is 16.1 Å². The molecular weight excluding hydrogens is 248 g/mol. The number of hydrogen-bond donors (Lipinski definition) is 3. The molecule has 1 aliphatic rings. The van der Waals surface area contributed by atoms with Crippen LogP contribution in [0.3, 0.4) is 0 Å². The van der Waals surface area contributed by atoms with Gasteiger partial charge in [-0.15, -0.1) is 0 Å². The number of ether oxygens (including phenoxy) is 1. The molecule has 2 amide bonds. The van der Waals surface area contributed by atoms with E-state index in [1.807, 2.05) is 6.07 Å². The van der Waals surface area contributed by atoms with E-state index in [1.165, 1.54) is 0 Å².